The number of aryl methyl sites for hydroxylation is 2. The van der Waals surface area contributed by atoms with E-state index in [1.165, 1.54) is 11.1 Å². The second kappa shape index (κ2) is 6.05. The van der Waals surface area contributed by atoms with E-state index in [2.05, 4.69) is 42.4 Å². The molecule has 19 heavy (non-hydrogen) atoms. The molecule has 0 unspecified atom stereocenters. The summed E-state index contributed by atoms with van der Waals surface area (Å²) in [5.74, 6) is 0.436. The lowest BCUT2D eigenvalue weighted by atomic mass is 10.1. The number of nitrogens with zero attached hydrogens (tertiary/aromatic N) is 1. The average Bonchev–Trinajstić information content (AvgIpc) is 2.39. The second-order valence-corrected chi connectivity index (χ2v) is 4.68. The number of nitrogens with one attached hydrogen (secondary N) is 1. The first kappa shape index (κ1) is 13.1. The van der Waals surface area contributed by atoms with Crippen LogP contribution in [0.3, 0.4) is 0 Å². The molecule has 0 bridgehead atoms. The Bertz CT molecular complexity index is 571. The fourth-order valence-corrected chi connectivity index (χ4v) is 1.81. The van der Waals surface area contributed by atoms with Crippen molar-refractivity contribution >= 4 is 11.6 Å². The van der Waals surface area contributed by atoms with Gasteiger partial charge in [-0.15, -0.1) is 0 Å². The van der Waals surface area contributed by atoms with E-state index < -0.39 is 0 Å². The van der Waals surface area contributed by atoms with Crippen molar-refractivity contribution < 1.29 is 0 Å². The summed E-state index contributed by atoms with van der Waals surface area (Å²) in [6, 6.07) is 16.3. The Labute approximate surface area is 114 Å². The molecule has 0 saturated heterocycles. The van der Waals surface area contributed by atoms with Gasteiger partial charge in [0.2, 0.25) is 0 Å². The molecule has 3 heteroatoms. The van der Waals surface area contributed by atoms with Crippen LogP contribution in [-0.4, -0.2) is 5.96 Å². The molecule has 0 spiro atoms. The lowest BCUT2D eigenvalue weighted by Crippen LogP contribution is -2.22. The fraction of sp³-hybridized carbons (Fsp3) is 0.188. The van der Waals surface area contributed by atoms with Crippen LogP contribution in [0.2, 0.25) is 0 Å². The summed E-state index contributed by atoms with van der Waals surface area (Å²) in [6.07, 6.45) is 0. The molecule has 0 saturated carbocycles. The maximum Gasteiger partial charge on any atom is 0.193 e. The van der Waals surface area contributed by atoms with Crippen LogP contribution >= 0.6 is 0 Å². The number of nitrogens with two attached hydrogens (primary N) is 1. The van der Waals surface area contributed by atoms with E-state index in [0.29, 0.717) is 12.5 Å². The molecule has 3 nitrogen and oxygen atoms in total. The number of benzene rings is 2. The fourth-order valence-electron chi connectivity index (χ4n) is 1.81. The van der Waals surface area contributed by atoms with Crippen LogP contribution in [-0.2, 0) is 6.54 Å². The van der Waals surface area contributed by atoms with Gasteiger partial charge in [-0.05, 0) is 31.5 Å². The third-order valence-corrected chi connectivity index (χ3v) is 2.84. The molecule has 0 atom stereocenters. The molecule has 2 aromatic rings. The molecule has 2 rings (SSSR count). The van der Waals surface area contributed by atoms with Gasteiger partial charge in [0.05, 0.1) is 6.54 Å². The van der Waals surface area contributed by atoms with Crippen molar-refractivity contribution in [3.8, 4) is 0 Å². The molecule has 0 amide bonds. The van der Waals surface area contributed by atoms with Crippen LogP contribution < -0.4 is 11.1 Å². The minimum absolute atomic E-state index is 0.436. The summed E-state index contributed by atoms with van der Waals surface area (Å²) in [7, 11) is 0. The Kier molecular flexibility index (Phi) is 4.18. The van der Waals surface area contributed by atoms with Gasteiger partial charge in [-0.3, -0.25) is 0 Å². The largest absolute Gasteiger partial charge is 0.370 e. The smallest absolute Gasteiger partial charge is 0.193 e. The van der Waals surface area contributed by atoms with Crippen LogP contribution in [0.15, 0.2) is 53.5 Å². The van der Waals surface area contributed by atoms with Gasteiger partial charge >= 0.3 is 0 Å². The molecular weight excluding hydrogens is 234 g/mol. The van der Waals surface area contributed by atoms with Crippen molar-refractivity contribution in [1.29, 1.82) is 0 Å². The van der Waals surface area contributed by atoms with E-state index in [1.807, 2.05) is 30.3 Å². The van der Waals surface area contributed by atoms with Crippen LogP contribution in [0.4, 0.5) is 5.69 Å². The number of anilines is 1. The van der Waals surface area contributed by atoms with E-state index in [4.69, 9.17) is 5.73 Å². The number of hydrogen-bond acceptors (Lipinski definition) is 1. The van der Waals surface area contributed by atoms with Crippen LogP contribution in [0.1, 0.15) is 16.7 Å². The molecular formula is C16H19N3. The minimum atomic E-state index is 0.436. The molecule has 2 aromatic carbocycles. The van der Waals surface area contributed by atoms with E-state index in [1.54, 1.807) is 0 Å². The summed E-state index contributed by atoms with van der Waals surface area (Å²) in [5.41, 5.74) is 10.4. The van der Waals surface area contributed by atoms with Gasteiger partial charge in [0.1, 0.15) is 0 Å². The average molecular weight is 253 g/mol. The summed E-state index contributed by atoms with van der Waals surface area (Å²) >= 11 is 0. The van der Waals surface area contributed by atoms with Gasteiger partial charge in [-0.25, -0.2) is 4.99 Å². The molecule has 0 radical (unpaired) electrons. The normalized spacial score (nSPS) is 11.4. The predicted molar refractivity (Wildman–Crippen MR) is 81.3 cm³/mol. The quantitative estimate of drug-likeness (QED) is 0.651. The molecule has 0 aromatic heterocycles. The topological polar surface area (TPSA) is 50.4 Å². The van der Waals surface area contributed by atoms with Gasteiger partial charge in [0, 0.05) is 5.69 Å². The van der Waals surface area contributed by atoms with Crippen LogP contribution in [0.5, 0.6) is 0 Å². The van der Waals surface area contributed by atoms with Gasteiger partial charge in [0.25, 0.3) is 0 Å². The Morgan fingerprint density at radius 1 is 1.05 bits per heavy atom. The van der Waals surface area contributed by atoms with Crippen molar-refractivity contribution in [2.75, 3.05) is 5.32 Å². The zero-order valence-electron chi connectivity index (χ0n) is 11.4. The third-order valence-electron chi connectivity index (χ3n) is 2.84. The van der Waals surface area contributed by atoms with Gasteiger partial charge in [0.15, 0.2) is 5.96 Å². The van der Waals surface area contributed by atoms with Crippen LogP contribution in [0.25, 0.3) is 0 Å². The number of aliphatic imine (C=N–C) groups is 1. The first-order valence-corrected chi connectivity index (χ1v) is 6.32. The molecule has 0 heterocycles. The summed E-state index contributed by atoms with van der Waals surface area (Å²) in [4.78, 5) is 4.34. The van der Waals surface area contributed by atoms with Crippen molar-refractivity contribution in [1.82, 2.24) is 0 Å². The van der Waals surface area contributed by atoms with Crippen molar-refractivity contribution in [3.05, 3.63) is 65.2 Å². The van der Waals surface area contributed by atoms with Gasteiger partial charge in [-0.1, -0.05) is 47.5 Å². The first-order chi connectivity index (χ1) is 9.13. The molecule has 98 valence electrons. The highest BCUT2D eigenvalue weighted by atomic mass is 15.1. The second-order valence-electron chi connectivity index (χ2n) is 4.68. The highest BCUT2D eigenvalue weighted by Crippen LogP contribution is 2.09. The lowest BCUT2D eigenvalue weighted by molar-refractivity contribution is 1.05. The van der Waals surface area contributed by atoms with E-state index in [9.17, 15) is 0 Å². The summed E-state index contributed by atoms with van der Waals surface area (Å²) < 4.78 is 0. The SMILES string of the molecule is Cc1ccc(NC(N)=NCc2cccc(C)c2)cc1. The van der Waals surface area contributed by atoms with E-state index in [0.717, 1.165) is 11.3 Å². The van der Waals surface area contributed by atoms with E-state index in [-0.39, 0.29) is 0 Å². The Balaban J connectivity index is 1.97. The summed E-state index contributed by atoms with van der Waals surface area (Å²) in [5, 5.41) is 3.08. The van der Waals surface area contributed by atoms with Crippen molar-refractivity contribution in [2.45, 2.75) is 20.4 Å². The Morgan fingerprint density at radius 2 is 1.79 bits per heavy atom. The Hall–Kier alpha value is -2.29. The molecule has 0 aliphatic heterocycles. The molecule has 0 aliphatic carbocycles. The molecule has 0 aliphatic rings. The predicted octanol–water partition coefficient (Wildman–Crippen LogP) is 3.23. The number of guanidine groups is 1. The van der Waals surface area contributed by atoms with E-state index >= 15 is 0 Å². The minimum Gasteiger partial charge on any atom is -0.370 e. The molecule has 0 fully saturated rings. The number of hydrogen-bond donors (Lipinski definition) is 2. The monoisotopic (exact) mass is 253 g/mol. The zero-order valence-corrected chi connectivity index (χ0v) is 11.4. The molecule has 3 N–H and O–H groups in total. The third kappa shape index (κ3) is 4.14. The first-order valence-electron chi connectivity index (χ1n) is 6.32. The Morgan fingerprint density at radius 3 is 2.47 bits per heavy atom. The van der Waals surface area contributed by atoms with Crippen molar-refractivity contribution in [3.63, 3.8) is 0 Å². The standard InChI is InChI=1S/C16H19N3/c1-12-6-8-15(9-7-12)19-16(17)18-11-14-5-3-4-13(2)10-14/h3-10H,11H2,1-2H3,(H3,17,18,19). The van der Waals surface area contributed by atoms with Gasteiger partial charge in [-0.2, -0.15) is 0 Å². The van der Waals surface area contributed by atoms with Crippen LogP contribution in [0, 0.1) is 13.8 Å². The number of rotatable bonds is 3. The maximum atomic E-state index is 5.87. The summed E-state index contributed by atoms with van der Waals surface area (Å²) in [6.45, 7) is 4.71. The lowest BCUT2D eigenvalue weighted by Gasteiger charge is -2.06. The zero-order chi connectivity index (χ0) is 13.7. The van der Waals surface area contributed by atoms with Crippen molar-refractivity contribution in [2.24, 2.45) is 10.7 Å². The highest BCUT2D eigenvalue weighted by Gasteiger charge is 1.96. The van der Waals surface area contributed by atoms with Gasteiger partial charge < -0.3 is 11.1 Å². The highest BCUT2D eigenvalue weighted by molar-refractivity contribution is 5.92. The maximum absolute atomic E-state index is 5.87.